The molecule has 0 aromatic heterocycles. The average molecular weight is 213 g/mol. The fraction of sp³-hybridized carbons (Fsp3) is 0.818. The molecular formula is C11H19NO3. The quantitative estimate of drug-likeness (QED) is 0.727. The highest BCUT2D eigenvalue weighted by molar-refractivity contribution is 5.80. The normalized spacial score (nSPS) is 21.1. The molecule has 0 aliphatic heterocycles. The van der Waals surface area contributed by atoms with Gasteiger partial charge in [-0.25, -0.2) is 4.79 Å². The number of alkyl carbamates (subject to hydrolysis) is 1. The van der Waals surface area contributed by atoms with Crippen molar-refractivity contribution in [3.63, 3.8) is 0 Å². The first-order valence-corrected chi connectivity index (χ1v) is 5.67. The van der Waals surface area contributed by atoms with Crippen molar-refractivity contribution in [2.45, 2.75) is 51.5 Å². The third kappa shape index (κ3) is 4.81. The lowest BCUT2D eigenvalue weighted by Crippen LogP contribution is -2.38. The largest absolute Gasteiger partial charge is 0.450 e. The van der Waals surface area contributed by atoms with Gasteiger partial charge in [0.15, 0.2) is 0 Å². The van der Waals surface area contributed by atoms with E-state index in [1.807, 2.05) is 6.92 Å². The molecule has 1 rings (SSSR count). The first-order valence-electron chi connectivity index (χ1n) is 5.67. The molecule has 1 atom stereocenters. The molecule has 1 aliphatic carbocycles. The topological polar surface area (TPSA) is 55.4 Å². The number of nitrogens with one attached hydrogen (secondary N) is 1. The summed E-state index contributed by atoms with van der Waals surface area (Å²) in [5, 5.41) is 2.73. The van der Waals surface area contributed by atoms with Crippen molar-refractivity contribution in [3.8, 4) is 0 Å². The molecular weight excluding hydrogens is 194 g/mol. The smallest absolute Gasteiger partial charge is 0.407 e. The standard InChI is InChI=1S/C11H19NO3/c1-2-3-7-15-11(14)12-9-5-4-6-10(13)8-9/h9H,2-8H2,1H3,(H,12,14). The fourth-order valence-corrected chi connectivity index (χ4v) is 1.67. The Hall–Kier alpha value is -1.06. The SMILES string of the molecule is CCCCOC(=O)NC1CCCC(=O)C1. The molecule has 1 amide bonds. The van der Waals surface area contributed by atoms with Crippen LogP contribution in [0.25, 0.3) is 0 Å². The zero-order valence-corrected chi connectivity index (χ0v) is 9.25. The number of hydrogen-bond donors (Lipinski definition) is 1. The monoisotopic (exact) mass is 213 g/mol. The Morgan fingerprint density at radius 2 is 2.40 bits per heavy atom. The molecule has 0 bridgehead atoms. The molecule has 1 N–H and O–H groups in total. The van der Waals surface area contributed by atoms with Gasteiger partial charge in [0, 0.05) is 18.9 Å². The minimum atomic E-state index is -0.386. The summed E-state index contributed by atoms with van der Waals surface area (Å²) in [5.74, 6) is 0.236. The summed E-state index contributed by atoms with van der Waals surface area (Å²) in [6, 6.07) is -0.0135. The van der Waals surface area contributed by atoms with Crippen LogP contribution in [-0.4, -0.2) is 24.5 Å². The molecule has 0 radical (unpaired) electrons. The van der Waals surface area contributed by atoms with Crippen molar-refractivity contribution in [3.05, 3.63) is 0 Å². The van der Waals surface area contributed by atoms with Crippen LogP contribution in [0.4, 0.5) is 4.79 Å². The summed E-state index contributed by atoms with van der Waals surface area (Å²) in [7, 11) is 0. The van der Waals surface area contributed by atoms with Crippen molar-refractivity contribution in [2.24, 2.45) is 0 Å². The number of carbonyl (C=O) groups excluding carboxylic acids is 2. The zero-order valence-electron chi connectivity index (χ0n) is 9.25. The molecule has 1 saturated carbocycles. The molecule has 4 heteroatoms. The Labute approximate surface area is 90.4 Å². The Morgan fingerprint density at radius 1 is 1.60 bits per heavy atom. The summed E-state index contributed by atoms with van der Waals surface area (Å²) in [5.41, 5.74) is 0. The Kier molecular flexibility index (Phi) is 5.15. The summed E-state index contributed by atoms with van der Waals surface area (Å²) in [4.78, 5) is 22.4. The van der Waals surface area contributed by atoms with E-state index in [0.717, 1.165) is 25.7 Å². The van der Waals surface area contributed by atoms with Crippen LogP contribution in [0.5, 0.6) is 0 Å². The van der Waals surface area contributed by atoms with Gasteiger partial charge in [-0.05, 0) is 19.3 Å². The van der Waals surface area contributed by atoms with Gasteiger partial charge in [-0.2, -0.15) is 0 Å². The van der Waals surface area contributed by atoms with E-state index in [0.29, 0.717) is 19.4 Å². The number of ketones is 1. The van der Waals surface area contributed by atoms with E-state index in [1.165, 1.54) is 0 Å². The van der Waals surface area contributed by atoms with E-state index < -0.39 is 0 Å². The Morgan fingerprint density at radius 3 is 3.07 bits per heavy atom. The molecule has 86 valence electrons. The number of unbranched alkanes of at least 4 members (excludes halogenated alkanes) is 1. The minimum absolute atomic E-state index is 0.0135. The molecule has 0 aromatic carbocycles. The number of amides is 1. The second-order valence-electron chi connectivity index (χ2n) is 3.97. The predicted octanol–water partition coefficient (Wildman–Crippen LogP) is 2.02. The van der Waals surface area contributed by atoms with Gasteiger partial charge in [0.25, 0.3) is 0 Å². The van der Waals surface area contributed by atoms with Crippen molar-refractivity contribution in [1.29, 1.82) is 0 Å². The van der Waals surface area contributed by atoms with E-state index in [2.05, 4.69) is 5.32 Å². The highest BCUT2D eigenvalue weighted by Gasteiger charge is 2.21. The molecule has 0 heterocycles. The fourth-order valence-electron chi connectivity index (χ4n) is 1.67. The lowest BCUT2D eigenvalue weighted by molar-refractivity contribution is -0.120. The predicted molar refractivity (Wildman–Crippen MR) is 56.7 cm³/mol. The van der Waals surface area contributed by atoms with Crippen LogP contribution >= 0.6 is 0 Å². The second-order valence-corrected chi connectivity index (χ2v) is 3.97. The lowest BCUT2D eigenvalue weighted by atomic mass is 9.94. The van der Waals surface area contributed by atoms with Crippen molar-refractivity contribution < 1.29 is 14.3 Å². The molecule has 1 unspecified atom stereocenters. The lowest BCUT2D eigenvalue weighted by Gasteiger charge is -2.21. The van der Waals surface area contributed by atoms with Gasteiger partial charge >= 0.3 is 6.09 Å². The molecule has 0 spiro atoms. The van der Waals surface area contributed by atoms with Crippen LogP contribution in [0.3, 0.4) is 0 Å². The highest BCUT2D eigenvalue weighted by Crippen LogP contribution is 2.14. The maximum atomic E-state index is 11.2. The van der Waals surface area contributed by atoms with Crippen LogP contribution in [0, 0.1) is 0 Å². The molecule has 4 nitrogen and oxygen atoms in total. The van der Waals surface area contributed by atoms with Crippen LogP contribution in [0.15, 0.2) is 0 Å². The Balaban J connectivity index is 2.16. The molecule has 1 aliphatic rings. The van der Waals surface area contributed by atoms with Gasteiger partial charge in [-0.15, -0.1) is 0 Å². The summed E-state index contributed by atoms with van der Waals surface area (Å²) < 4.78 is 4.96. The van der Waals surface area contributed by atoms with Crippen molar-refractivity contribution >= 4 is 11.9 Å². The van der Waals surface area contributed by atoms with Gasteiger partial charge in [-0.1, -0.05) is 13.3 Å². The van der Waals surface area contributed by atoms with Crippen LogP contribution in [-0.2, 0) is 9.53 Å². The van der Waals surface area contributed by atoms with E-state index >= 15 is 0 Å². The van der Waals surface area contributed by atoms with E-state index in [-0.39, 0.29) is 17.9 Å². The number of ether oxygens (including phenoxy) is 1. The van der Waals surface area contributed by atoms with E-state index in [9.17, 15) is 9.59 Å². The number of hydrogen-bond acceptors (Lipinski definition) is 3. The number of rotatable bonds is 4. The van der Waals surface area contributed by atoms with E-state index in [1.54, 1.807) is 0 Å². The van der Waals surface area contributed by atoms with Gasteiger partial charge in [0.2, 0.25) is 0 Å². The van der Waals surface area contributed by atoms with Gasteiger partial charge in [-0.3, -0.25) is 4.79 Å². The second kappa shape index (κ2) is 6.43. The maximum Gasteiger partial charge on any atom is 0.407 e. The number of Topliss-reactive ketones (excluding diaryl/α,β-unsaturated/α-hetero) is 1. The third-order valence-corrected chi connectivity index (χ3v) is 2.54. The van der Waals surface area contributed by atoms with E-state index in [4.69, 9.17) is 4.74 Å². The van der Waals surface area contributed by atoms with Crippen LogP contribution in [0.1, 0.15) is 45.4 Å². The summed E-state index contributed by atoms with van der Waals surface area (Å²) in [6.07, 6.45) is 4.38. The Bertz CT molecular complexity index is 228. The third-order valence-electron chi connectivity index (χ3n) is 2.54. The highest BCUT2D eigenvalue weighted by atomic mass is 16.5. The van der Waals surface area contributed by atoms with Crippen molar-refractivity contribution in [1.82, 2.24) is 5.32 Å². The van der Waals surface area contributed by atoms with Gasteiger partial charge in [0.05, 0.1) is 6.61 Å². The minimum Gasteiger partial charge on any atom is -0.450 e. The maximum absolute atomic E-state index is 11.2. The summed E-state index contributed by atoms with van der Waals surface area (Å²) >= 11 is 0. The molecule has 15 heavy (non-hydrogen) atoms. The molecule has 0 saturated heterocycles. The molecule has 1 fully saturated rings. The first-order chi connectivity index (χ1) is 7.22. The average Bonchev–Trinajstić information content (AvgIpc) is 2.18. The van der Waals surface area contributed by atoms with Crippen LogP contribution < -0.4 is 5.32 Å². The molecule has 0 aromatic rings. The summed E-state index contributed by atoms with van der Waals surface area (Å²) in [6.45, 7) is 2.50. The van der Waals surface area contributed by atoms with Gasteiger partial charge in [0.1, 0.15) is 5.78 Å². The van der Waals surface area contributed by atoms with Crippen molar-refractivity contribution in [2.75, 3.05) is 6.61 Å². The zero-order chi connectivity index (χ0) is 11.1. The van der Waals surface area contributed by atoms with Crippen LogP contribution in [0.2, 0.25) is 0 Å². The number of carbonyl (C=O) groups is 2. The van der Waals surface area contributed by atoms with Gasteiger partial charge < -0.3 is 10.1 Å². The first kappa shape index (κ1) is 12.0.